The number of hydrogen-bond acceptors (Lipinski definition) is 1. The summed E-state index contributed by atoms with van der Waals surface area (Å²) in [5, 5.41) is 0. The number of hydrogen-bond donors (Lipinski definition) is 1. The quantitative estimate of drug-likeness (QED) is 0.318. The van der Waals surface area contributed by atoms with Crippen molar-refractivity contribution in [1.82, 2.24) is 0 Å². The average molecular weight is 136 g/mol. The molecule has 2 N–H and O–H groups in total. The molecule has 0 saturated carbocycles. The van der Waals surface area contributed by atoms with Crippen molar-refractivity contribution < 1.29 is 4.79 Å². The molecule has 2 nitrogen and oxygen atoms in total. The number of carbonyl (C=O) groups is 1. The van der Waals surface area contributed by atoms with Gasteiger partial charge >= 0.3 is 0 Å². The summed E-state index contributed by atoms with van der Waals surface area (Å²) in [4.78, 5) is 9.47. The van der Waals surface area contributed by atoms with E-state index in [4.69, 9.17) is 0 Å². The molecule has 0 spiro atoms. The van der Waals surface area contributed by atoms with E-state index < -0.39 is 5.91 Å². The summed E-state index contributed by atoms with van der Waals surface area (Å²) < 4.78 is 0. The zero-order valence-corrected chi connectivity index (χ0v) is 8.05. The molecule has 0 aromatic carbocycles. The van der Waals surface area contributed by atoms with Gasteiger partial charge in [0.2, 0.25) is 5.91 Å². The summed E-state index contributed by atoms with van der Waals surface area (Å²) in [5.74, 6) is -0.481. The first kappa shape index (κ1) is 16.0. The molecule has 0 aliphatic rings. The van der Waals surface area contributed by atoms with Crippen LogP contribution in [0.1, 0.15) is 6.92 Å². The van der Waals surface area contributed by atoms with Gasteiger partial charge in [-0.25, -0.2) is 0 Å². The van der Waals surface area contributed by atoms with Crippen LogP contribution < -0.4 is 5.73 Å². The Kier molecular flexibility index (Phi) is 27.8. The van der Waals surface area contributed by atoms with E-state index in [0.717, 1.165) is 6.08 Å². The van der Waals surface area contributed by atoms with Gasteiger partial charge in [0.05, 0.1) is 0 Å². The van der Waals surface area contributed by atoms with Gasteiger partial charge in [-0.3, -0.25) is 4.79 Å². The minimum absolute atomic E-state index is 0. The van der Waals surface area contributed by atoms with Crippen molar-refractivity contribution >= 4 is 35.5 Å². The molecule has 0 heterocycles. The van der Waals surface area contributed by atoms with Crippen LogP contribution in [0.4, 0.5) is 0 Å². The number of allylic oxidation sites excluding steroid dienone is 1. The van der Waals surface area contributed by atoms with Crippen LogP contribution in [0.15, 0.2) is 25.3 Å². The summed E-state index contributed by atoms with van der Waals surface area (Å²) in [7, 11) is 0. The maximum absolute atomic E-state index is 9.47. The van der Waals surface area contributed by atoms with Crippen molar-refractivity contribution in [2.24, 2.45) is 5.73 Å². The Bertz CT molecular complexity index is 91.1. The van der Waals surface area contributed by atoms with Crippen molar-refractivity contribution in [3.8, 4) is 0 Å². The largest absolute Gasteiger partial charge is 0.366 e. The SMILES string of the molecule is C=CC.C=CC(N)=O.[Na]. The zero-order chi connectivity index (χ0) is 6.99. The smallest absolute Gasteiger partial charge is 0.240 e. The first-order valence-electron chi connectivity index (χ1n) is 2.18. The molecule has 9 heavy (non-hydrogen) atoms. The van der Waals surface area contributed by atoms with Crippen molar-refractivity contribution in [3.63, 3.8) is 0 Å². The summed E-state index contributed by atoms with van der Waals surface area (Å²) in [6.07, 6.45) is 2.81. The molecular formula is C6H11NNaO. The third-order valence-electron chi connectivity index (χ3n) is 0.201. The van der Waals surface area contributed by atoms with Gasteiger partial charge in [-0.15, -0.1) is 6.58 Å². The van der Waals surface area contributed by atoms with E-state index in [1.54, 1.807) is 6.08 Å². The molecule has 0 aromatic heterocycles. The number of rotatable bonds is 1. The third-order valence-corrected chi connectivity index (χ3v) is 0.201. The summed E-state index contributed by atoms with van der Waals surface area (Å²) in [6.45, 7) is 8.34. The average Bonchev–Trinajstić information content (AvgIpc) is 1.69. The molecule has 0 fully saturated rings. The molecular weight excluding hydrogens is 125 g/mol. The molecule has 47 valence electrons. The van der Waals surface area contributed by atoms with Crippen LogP contribution in [0.5, 0.6) is 0 Å². The maximum Gasteiger partial charge on any atom is 0.240 e. The van der Waals surface area contributed by atoms with Gasteiger partial charge in [0, 0.05) is 29.6 Å². The maximum atomic E-state index is 9.47. The van der Waals surface area contributed by atoms with Crippen molar-refractivity contribution in [1.29, 1.82) is 0 Å². The molecule has 0 atom stereocenters. The topological polar surface area (TPSA) is 43.1 Å². The fraction of sp³-hybridized carbons (Fsp3) is 0.167. The predicted molar refractivity (Wildman–Crippen MR) is 41.0 cm³/mol. The number of primary amides is 1. The number of amides is 1. The van der Waals surface area contributed by atoms with Gasteiger partial charge < -0.3 is 5.73 Å². The molecule has 0 unspecified atom stereocenters. The molecule has 0 aliphatic heterocycles. The van der Waals surface area contributed by atoms with Crippen LogP contribution in [0, 0.1) is 0 Å². The summed E-state index contributed by atoms with van der Waals surface area (Å²) in [5.41, 5.74) is 4.53. The van der Waals surface area contributed by atoms with E-state index in [-0.39, 0.29) is 29.6 Å². The fourth-order valence-electron chi connectivity index (χ4n) is 0. The Balaban J connectivity index is -0.0000000800. The molecule has 0 saturated heterocycles. The molecule has 1 radical (unpaired) electrons. The van der Waals surface area contributed by atoms with Gasteiger partial charge in [0.15, 0.2) is 0 Å². The molecule has 0 aliphatic carbocycles. The molecule has 0 bridgehead atoms. The van der Waals surface area contributed by atoms with Crippen LogP contribution in [0.25, 0.3) is 0 Å². The van der Waals surface area contributed by atoms with Crippen molar-refractivity contribution in [2.75, 3.05) is 0 Å². The molecule has 3 heteroatoms. The monoisotopic (exact) mass is 136 g/mol. The van der Waals surface area contributed by atoms with Gasteiger partial charge in [0.1, 0.15) is 0 Å². The van der Waals surface area contributed by atoms with Crippen molar-refractivity contribution in [3.05, 3.63) is 25.3 Å². The van der Waals surface area contributed by atoms with Gasteiger partial charge in [0.25, 0.3) is 0 Å². The van der Waals surface area contributed by atoms with E-state index in [9.17, 15) is 4.79 Å². The minimum atomic E-state index is -0.481. The Labute approximate surface area is 78.1 Å². The van der Waals surface area contributed by atoms with Gasteiger partial charge in [-0.1, -0.05) is 12.7 Å². The first-order chi connectivity index (χ1) is 3.68. The van der Waals surface area contributed by atoms with E-state index in [1.165, 1.54) is 0 Å². The van der Waals surface area contributed by atoms with Gasteiger partial charge in [-0.2, -0.15) is 0 Å². The van der Waals surface area contributed by atoms with Crippen LogP contribution in [0.2, 0.25) is 0 Å². The minimum Gasteiger partial charge on any atom is -0.366 e. The molecule has 0 aromatic rings. The third kappa shape index (κ3) is 74.0. The second-order valence-corrected chi connectivity index (χ2v) is 1.01. The standard InChI is InChI=1S/C3H5NO.C3H6.Na/c1-2-3(4)5;1-3-2;/h2H,1H2,(H2,4,5);3H,1H2,2H3;. The Hall–Kier alpha value is -0.0500. The molecule has 1 amide bonds. The molecule has 0 rings (SSSR count). The fourth-order valence-corrected chi connectivity index (χ4v) is 0. The van der Waals surface area contributed by atoms with Crippen LogP contribution >= 0.6 is 0 Å². The van der Waals surface area contributed by atoms with Crippen LogP contribution in [-0.2, 0) is 4.79 Å². The Morgan fingerprint density at radius 1 is 1.56 bits per heavy atom. The van der Waals surface area contributed by atoms with E-state index in [2.05, 4.69) is 18.9 Å². The van der Waals surface area contributed by atoms with Gasteiger partial charge in [-0.05, 0) is 13.0 Å². The normalized spacial score (nSPS) is 5.00. The van der Waals surface area contributed by atoms with E-state index >= 15 is 0 Å². The van der Waals surface area contributed by atoms with Crippen molar-refractivity contribution in [2.45, 2.75) is 6.92 Å². The van der Waals surface area contributed by atoms with E-state index in [1.807, 2.05) is 6.92 Å². The van der Waals surface area contributed by atoms with E-state index in [0.29, 0.717) is 0 Å². The predicted octanol–water partition coefficient (Wildman–Crippen LogP) is 0.469. The zero-order valence-electron chi connectivity index (χ0n) is 6.05. The second-order valence-electron chi connectivity index (χ2n) is 1.01. The Morgan fingerprint density at radius 3 is 1.67 bits per heavy atom. The number of carbonyl (C=O) groups excluding carboxylic acids is 1. The summed E-state index contributed by atoms with van der Waals surface area (Å²) >= 11 is 0. The van der Waals surface area contributed by atoms with Crippen LogP contribution in [0.3, 0.4) is 0 Å². The Morgan fingerprint density at radius 2 is 1.67 bits per heavy atom. The van der Waals surface area contributed by atoms with Crippen LogP contribution in [-0.4, -0.2) is 35.5 Å². The second kappa shape index (κ2) is 15.7. The summed E-state index contributed by atoms with van der Waals surface area (Å²) in [6, 6.07) is 0. The first-order valence-corrected chi connectivity index (χ1v) is 2.18. The number of nitrogens with two attached hydrogens (primary N) is 1.